The molecule has 0 radical (unpaired) electrons. The fraction of sp³-hybridized carbons (Fsp3) is 0.500. The van der Waals surface area contributed by atoms with Crippen LogP contribution in [0.5, 0.6) is 0 Å². The van der Waals surface area contributed by atoms with Gasteiger partial charge < -0.3 is 10.2 Å². The molecule has 2 rings (SSSR count). The highest BCUT2D eigenvalue weighted by Gasteiger charge is 2.26. The number of nitrogens with zero attached hydrogens (tertiary/aromatic N) is 3. The molecule has 1 aromatic rings. The zero-order valence-electron chi connectivity index (χ0n) is 9.28. The Balaban J connectivity index is 2.04. The SMILES string of the molecule is C[C@@H](Nc1ncnc(Cl)c1F)C(=O)N1CCC1. The molecule has 0 spiro atoms. The fourth-order valence-corrected chi connectivity index (χ4v) is 1.66. The molecule has 1 saturated heterocycles. The van der Waals surface area contributed by atoms with Crippen molar-refractivity contribution in [1.29, 1.82) is 0 Å². The van der Waals surface area contributed by atoms with Gasteiger partial charge in [0.2, 0.25) is 11.7 Å². The van der Waals surface area contributed by atoms with Crippen LogP contribution in [-0.2, 0) is 4.79 Å². The number of likely N-dealkylation sites (tertiary alicyclic amines) is 1. The summed E-state index contributed by atoms with van der Waals surface area (Å²) in [5.41, 5.74) is 0. The highest BCUT2D eigenvalue weighted by molar-refractivity contribution is 6.29. The minimum absolute atomic E-state index is 0.0497. The molecule has 0 unspecified atom stereocenters. The van der Waals surface area contributed by atoms with Gasteiger partial charge in [0.25, 0.3) is 0 Å². The minimum atomic E-state index is -0.738. The van der Waals surface area contributed by atoms with Crippen LogP contribution >= 0.6 is 11.6 Å². The maximum atomic E-state index is 13.5. The summed E-state index contributed by atoms with van der Waals surface area (Å²) in [4.78, 5) is 20.7. The van der Waals surface area contributed by atoms with Crippen LogP contribution in [0.2, 0.25) is 5.15 Å². The summed E-state index contributed by atoms with van der Waals surface area (Å²) in [6, 6.07) is -0.532. The van der Waals surface area contributed by atoms with Gasteiger partial charge in [-0.25, -0.2) is 9.97 Å². The van der Waals surface area contributed by atoms with E-state index in [9.17, 15) is 9.18 Å². The summed E-state index contributed by atoms with van der Waals surface area (Å²) in [5, 5.41) is 2.44. The largest absolute Gasteiger partial charge is 0.356 e. The number of aromatic nitrogens is 2. The highest BCUT2D eigenvalue weighted by atomic mass is 35.5. The molecule has 7 heteroatoms. The molecule has 1 fully saturated rings. The van der Waals surface area contributed by atoms with Crippen LogP contribution in [0, 0.1) is 5.82 Å². The normalized spacial score (nSPS) is 16.3. The Morgan fingerprint density at radius 3 is 2.88 bits per heavy atom. The number of amides is 1. The molecule has 1 aliphatic rings. The molecule has 1 N–H and O–H groups in total. The smallest absolute Gasteiger partial charge is 0.244 e. The number of hydrogen-bond donors (Lipinski definition) is 1. The molecule has 1 amide bonds. The first kappa shape index (κ1) is 12.0. The molecule has 5 nitrogen and oxygen atoms in total. The Kier molecular flexibility index (Phi) is 3.42. The zero-order valence-corrected chi connectivity index (χ0v) is 10.0. The third-order valence-corrected chi connectivity index (χ3v) is 2.90. The van der Waals surface area contributed by atoms with Gasteiger partial charge in [0, 0.05) is 13.1 Å². The first-order valence-electron chi connectivity index (χ1n) is 5.31. The monoisotopic (exact) mass is 258 g/mol. The van der Waals surface area contributed by atoms with E-state index in [1.807, 2.05) is 0 Å². The number of hydrogen-bond acceptors (Lipinski definition) is 4. The van der Waals surface area contributed by atoms with Crippen molar-refractivity contribution in [1.82, 2.24) is 14.9 Å². The quantitative estimate of drug-likeness (QED) is 0.831. The summed E-state index contributed by atoms with van der Waals surface area (Å²) >= 11 is 5.52. The number of rotatable bonds is 3. The summed E-state index contributed by atoms with van der Waals surface area (Å²) < 4.78 is 13.5. The molecule has 92 valence electrons. The minimum Gasteiger partial charge on any atom is -0.356 e. The molecule has 2 heterocycles. The summed E-state index contributed by atoms with van der Waals surface area (Å²) in [6.07, 6.45) is 2.17. The molecule has 0 bridgehead atoms. The lowest BCUT2D eigenvalue weighted by atomic mass is 10.2. The van der Waals surface area contributed by atoms with E-state index in [4.69, 9.17) is 11.6 Å². The summed E-state index contributed by atoms with van der Waals surface area (Å²) in [6.45, 7) is 3.19. The Labute approximate surface area is 103 Å². The third kappa shape index (κ3) is 2.46. The van der Waals surface area contributed by atoms with Crippen molar-refractivity contribution in [2.45, 2.75) is 19.4 Å². The van der Waals surface area contributed by atoms with Gasteiger partial charge in [0.15, 0.2) is 11.0 Å². The van der Waals surface area contributed by atoms with Crippen molar-refractivity contribution < 1.29 is 9.18 Å². The Morgan fingerprint density at radius 1 is 1.59 bits per heavy atom. The van der Waals surface area contributed by atoms with Crippen molar-refractivity contribution >= 4 is 23.3 Å². The van der Waals surface area contributed by atoms with E-state index in [0.29, 0.717) is 0 Å². The van der Waals surface area contributed by atoms with Crippen molar-refractivity contribution in [3.8, 4) is 0 Å². The van der Waals surface area contributed by atoms with Crippen LogP contribution in [0.3, 0.4) is 0 Å². The topological polar surface area (TPSA) is 58.1 Å². The predicted octanol–water partition coefficient (Wildman–Crippen LogP) is 1.30. The van der Waals surface area contributed by atoms with Crippen LogP contribution < -0.4 is 5.32 Å². The lowest BCUT2D eigenvalue weighted by Crippen LogP contribution is -2.48. The molecule has 1 aromatic heterocycles. The third-order valence-electron chi connectivity index (χ3n) is 2.64. The van der Waals surface area contributed by atoms with Gasteiger partial charge in [-0.05, 0) is 13.3 Å². The summed E-state index contributed by atoms with van der Waals surface area (Å²) in [7, 11) is 0. The van der Waals surface area contributed by atoms with E-state index in [2.05, 4.69) is 15.3 Å². The van der Waals surface area contributed by atoms with Crippen LogP contribution in [-0.4, -0.2) is 39.9 Å². The van der Waals surface area contributed by atoms with E-state index in [0.717, 1.165) is 25.8 Å². The maximum absolute atomic E-state index is 13.5. The van der Waals surface area contributed by atoms with Crippen LogP contribution in [0.15, 0.2) is 6.33 Å². The van der Waals surface area contributed by atoms with Crippen LogP contribution in [0.4, 0.5) is 10.2 Å². The average Bonchev–Trinajstić information content (AvgIpc) is 2.22. The van der Waals surface area contributed by atoms with Gasteiger partial charge in [-0.15, -0.1) is 0 Å². The standard InChI is InChI=1S/C10H12ClFN4O/c1-6(10(17)16-3-2-4-16)15-9-7(12)8(11)13-5-14-9/h5-6H,2-4H2,1H3,(H,13,14,15)/t6-/m1/s1. The highest BCUT2D eigenvalue weighted by Crippen LogP contribution is 2.18. The maximum Gasteiger partial charge on any atom is 0.244 e. The molecule has 0 saturated carbocycles. The van der Waals surface area contributed by atoms with Crippen LogP contribution in [0.1, 0.15) is 13.3 Å². The van der Waals surface area contributed by atoms with Gasteiger partial charge in [-0.3, -0.25) is 4.79 Å². The zero-order chi connectivity index (χ0) is 12.4. The van der Waals surface area contributed by atoms with Gasteiger partial charge in [0.05, 0.1) is 0 Å². The molecule has 17 heavy (non-hydrogen) atoms. The number of carbonyl (C=O) groups is 1. The predicted molar refractivity (Wildman–Crippen MR) is 61.3 cm³/mol. The molecule has 1 atom stereocenters. The molecule has 0 aliphatic carbocycles. The molecule has 0 aromatic carbocycles. The first-order chi connectivity index (χ1) is 8.09. The van der Waals surface area contributed by atoms with Gasteiger partial charge >= 0.3 is 0 Å². The lowest BCUT2D eigenvalue weighted by molar-refractivity contribution is -0.135. The van der Waals surface area contributed by atoms with E-state index in [1.54, 1.807) is 11.8 Å². The van der Waals surface area contributed by atoms with E-state index in [1.165, 1.54) is 0 Å². The Morgan fingerprint density at radius 2 is 2.29 bits per heavy atom. The molecular weight excluding hydrogens is 247 g/mol. The lowest BCUT2D eigenvalue weighted by Gasteiger charge is -2.33. The van der Waals surface area contributed by atoms with Crippen LogP contribution in [0.25, 0.3) is 0 Å². The fourth-order valence-electron chi connectivity index (χ4n) is 1.53. The van der Waals surface area contributed by atoms with Crippen molar-refractivity contribution in [3.05, 3.63) is 17.3 Å². The first-order valence-corrected chi connectivity index (χ1v) is 5.68. The number of nitrogens with one attached hydrogen (secondary N) is 1. The Bertz CT molecular complexity index is 438. The van der Waals surface area contributed by atoms with E-state index < -0.39 is 11.9 Å². The average molecular weight is 259 g/mol. The molecular formula is C10H12ClFN4O. The van der Waals surface area contributed by atoms with Gasteiger partial charge in [0.1, 0.15) is 12.4 Å². The second kappa shape index (κ2) is 4.83. The van der Waals surface area contributed by atoms with E-state index >= 15 is 0 Å². The van der Waals surface area contributed by atoms with Crippen molar-refractivity contribution in [2.75, 3.05) is 18.4 Å². The van der Waals surface area contributed by atoms with E-state index in [-0.39, 0.29) is 16.9 Å². The number of anilines is 1. The molecule has 1 aliphatic heterocycles. The van der Waals surface area contributed by atoms with Crippen molar-refractivity contribution in [2.24, 2.45) is 0 Å². The second-order valence-electron chi connectivity index (χ2n) is 3.87. The van der Waals surface area contributed by atoms with Crippen molar-refractivity contribution in [3.63, 3.8) is 0 Å². The van der Waals surface area contributed by atoms with Gasteiger partial charge in [-0.2, -0.15) is 4.39 Å². The second-order valence-corrected chi connectivity index (χ2v) is 4.23. The van der Waals surface area contributed by atoms with Gasteiger partial charge in [-0.1, -0.05) is 11.6 Å². The number of carbonyl (C=O) groups excluding carboxylic acids is 1. The number of halogens is 2. The summed E-state index contributed by atoms with van der Waals surface area (Å²) in [5.74, 6) is -0.853. The Hall–Kier alpha value is -1.43.